The van der Waals surface area contributed by atoms with Crippen LogP contribution < -0.4 is 4.74 Å². The Kier molecular flexibility index (Phi) is 4.74. The predicted molar refractivity (Wildman–Crippen MR) is 57.7 cm³/mol. The maximum absolute atomic E-state index is 13.0. The molecule has 1 aromatic rings. The summed E-state index contributed by atoms with van der Waals surface area (Å²) in [6, 6.07) is 5.77. The lowest BCUT2D eigenvalue weighted by atomic mass is 10.2. The molecule has 0 spiro atoms. The van der Waals surface area contributed by atoms with Gasteiger partial charge in [0.15, 0.2) is 0 Å². The van der Waals surface area contributed by atoms with Crippen LogP contribution >= 0.6 is 0 Å². The summed E-state index contributed by atoms with van der Waals surface area (Å²) < 4.78 is 23.5. The lowest BCUT2D eigenvalue weighted by Crippen LogP contribution is -2.11. The number of nitrogens with zero attached hydrogens (tertiary/aromatic N) is 1. The number of hydrogen-bond acceptors (Lipinski definition) is 3. The molecule has 0 fully saturated rings. The van der Waals surface area contributed by atoms with Crippen molar-refractivity contribution < 1.29 is 13.9 Å². The molecule has 0 aliphatic rings. The van der Waals surface area contributed by atoms with E-state index >= 15 is 0 Å². The van der Waals surface area contributed by atoms with Crippen LogP contribution in [0, 0.1) is 17.1 Å². The van der Waals surface area contributed by atoms with Gasteiger partial charge in [-0.05, 0) is 26.0 Å². The van der Waals surface area contributed by atoms with Crippen molar-refractivity contribution in [2.75, 3.05) is 13.2 Å². The summed E-state index contributed by atoms with van der Waals surface area (Å²) in [5.41, 5.74) is 0.250. The van der Waals surface area contributed by atoms with E-state index < -0.39 is 5.82 Å². The third-order valence-corrected chi connectivity index (χ3v) is 1.80. The van der Waals surface area contributed by atoms with E-state index in [0.717, 1.165) is 6.07 Å². The molecule has 0 bridgehead atoms. The van der Waals surface area contributed by atoms with Gasteiger partial charge in [0, 0.05) is 6.07 Å². The summed E-state index contributed by atoms with van der Waals surface area (Å²) in [5, 5.41) is 8.63. The first kappa shape index (κ1) is 12.5. The Hall–Kier alpha value is -1.60. The lowest BCUT2D eigenvalue weighted by molar-refractivity contribution is 0.0552. The van der Waals surface area contributed by atoms with Crippen LogP contribution in [0.15, 0.2) is 18.2 Å². The SMILES string of the molecule is CC(C)OCCOc1cc(F)cc(C#N)c1. The van der Waals surface area contributed by atoms with Gasteiger partial charge < -0.3 is 9.47 Å². The highest BCUT2D eigenvalue weighted by atomic mass is 19.1. The number of benzene rings is 1. The van der Waals surface area contributed by atoms with E-state index in [4.69, 9.17) is 14.7 Å². The summed E-state index contributed by atoms with van der Waals surface area (Å²) in [6.07, 6.45) is 0.144. The van der Waals surface area contributed by atoms with Crippen molar-refractivity contribution in [3.8, 4) is 11.8 Å². The third-order valence-electron chi connectivity index (χ3n) is 1.80. The van der Waals surface area contributed by atoms with Gasteiger partial charge in [-0.2, -0.15) is 5.26 Å². The Bertz CT molecular complexity index is 385. The van der Waals surface area contributed by atoms with Gasteiger partial charge in [0.05, 0.1) is 24.3 Å². The molecule has 0 aliphatic carbocycles. The van der Waals surface area contributed by atoms with Crippen molar-refractivity contribution in [1.29, 1.82) is 5.26 Å². The molecular formula is C12H14FNO2. The van der Waals surface area contributed by atoms with E-state index in [2.05, 4.69) is 0 Å². The predicted octanol–water partition coefficient (Wildman–Crippen LogP) is 2.50. The van der Waals surface area contributed by atoms with Crippen LogP contribution in [-0.4, -0.2) is 19.3 Å². The number of halogens is 1. The van der Waals surface area contributed by atoms with Gasteiger partial charge in [-0.3, -0.25) is 0 Å². The Balaban J connectivity index is 2.48. The van der Waals surface area contributed by atoms with Crippen LogP contribution in [-0.2, 0) is 4.74 Å². The molecule has 0 aliphatic heterocycles. The number of hydrogen-bond donors (Lipinski definition) is 0. The molecule has 86 valence electrons. The smallest absolute Gasteiger partial charge is 0.128 e. The molecule has 0 radical (unpaired) electrons. The molecule has 0 unspecified atom stereocenters. The Morgan fingerprint density at radius 1 is 1.31 bits per heavy atom. The van der Waals surface area contributed by atoms with Crippen molar-refractivity contribution in [2.24, 2.45) is 0 Å². The molecule has 0 saturated heterocycles. The van der Waals surface area contributed by atoms with Crippen molar-refractivity contribution in [1.82, 2.24) is 0 Å². The van der Waals surface area contributed by atoms with E-state index in [0.29, 0.717) is 19.0 Å². The van der Waals surface area contributed by atoms with Crippen LogP contribution in [0.3, 0.4) is 0 Å². The van der Waals surface area contributed by atoms with E-state index in [1.54, 1.807) is 0 Å². The molecule has 0 saturated carbocycles. The van der Waals surface area contributed by atoms with Crippen molar-refractivity contribution in [3.63, 3.8) is 0 Å². The van der Waals surface area contributed by atoms with Crippen molar-refractivity contribution in [2.45, 2.75) is 20.0 Å². The third kappa shape index (κ3) is 4.28. The second kappa shape index (κ2) is 6.09. The van der Waals surface area contributed by atoms with Gasteiger partial charge in [-0.15, -0.1) is 0 Å². The molecule has 0 amide bonds. The van der Waals surface area contributed by atoms with Gasteiger partial charge in [0.25, 0.3) is 0 Å². The Labute approximate surface area is 94.4 Å². The molecule has 0 atom stereocenters. The van der Waals surface area contributed by atoms with E-state index in [-0.39, 0.29) is 11.7 Å². The van der Waals surface area contributed by atoms with Gasteiger partial charge in [0.1, 0.15) is 18.2 Å². The van der Waals surface area contributed by atoms with Crippen molar-refractivity contribution in [3.05, 3.63) is 29.6 Å². The van der Waals surface area contributed by atoms with Crippen LogP contribution in [0.25, 0.3) is 0 Å². The highest BCUT2D eigenvalue weighted by Gasteiger charge is 2.01. The van der Waals surface area contributed by atoms with Crippen LogP contribution in [0.5, 0.6) is 5.75 Å². The molecule has 1 rings (SSSR count). The Morgan fingerprint density at radius 2 is 2.06 bits per heavy atom. The second-order valence-electron chi connectivity index (χ2n) is 3.56. The zero-order valence-corrected chi connectivity index (χ0v) is 9.37. The van der Waals surface area contributed by atoms with Gasteiger partial charge in [-0.1, -0.05) is 0 Å². The number of ether oxygens (including phenoxy) is 2. The minimum absolute atomic E-state index is 0.144. The summed E-state index contributed by atoms with van der Waals surface area (Å²) in [6.45, 7) is 4.63. The van der Waals surface area contributed by atoms with E-state index in [1.807, 2.05) is 19.9 Å². The maximum Gasteiger partial charge on any atom is 0.128 e. The molecule has 1 aromatic carbocycles. The summed E-state index contributed by atoms with van der Waals surface area (Å²) in [5.74, 6) is -0.122. The van der Waals surface area contributed by atoms with Gasteiger partial charge in [-0.25, -0.2) is 4.39 Å². The average molecular weight is 223 g/mol. The standard InChI is InChI=1S/C12H14FNO2/c1-9(2)15-3-4-16-12-6-10(8-14)5-11(13)7-12/h5-7,9H,3-4H2,1-2H3. The van der Waals surface area contributed by atoms with Gasteiger partial charge >= 0.3 is 0 Å². The maximum atomic E-state index is 13.0. The largest absolute Gasteiger partial charge is 0.491 e. The fourth-order valence-corrected chi connectivity index (χ4v) is 1.15. The molecule has 4 heteroatoms. The fourth-order valence-electron chi connectivity index (χ4n) is 1.15. The summed E-state index contributed by atoms with van der Waals surface area (Å²) >= 11 is 0. The first-order valence-electron chi connectivity index (χ1n) is 5.07. The molecule has 0 N–H and O–H groups in total. The minimum Gasteiger partial charge on any atom is -0.491 e. The van der Waals surface area contributed by atoms with Crippen LogP contribution in [0.4, 0.5) is 4.39 Å². The topological polar surface area (TPSA) is 42.2 Å². The zero-order valence-electron chi connectivity index (χ0n) is 9.37. The van der Waals surface area contributed by atoms with E-state index in [1.165, 1.54) is 12.1 Å². The van der Waals surface area contributed by atoms with Crippen LogP contribution in [0.1, 0.15) is 19.4 Å². The molecule has 0 aromatic heterocycles. The number of nitriles is 1. The highest BCUT2D eigenvalue weighted by molar-refractivity contribution is 5.36. The van der Waals surface area contributed by atoms with Gasteiger partial charge in [0.2, 0.25) is 0 Å². The molecule has 0 heterocycles. The quantitative estimate of drug-likeness (QED) is 0.720. The lowest BCUT2D eigenvalue weighted by Gasteiger charge is -2.09. The molecule has 3 nitrogen and oxygen atoms in total. The first-order chi connectivity index (χ1) is 7.61. The monoisotopic (exact) mass is 223 g/mol. The normalized spacial score (nSPS) is 10.2. The highest BCUT2D eigenvalue weighted by Crippen LogP contribution is 2.15. The van der Waals surface area contributed by atoms with Crippen LogP contribution in [0.2, 0.25) is 0 Å². The average Bonchev–Trinajstić information content (AvgIpc) is 2.23. The molecule has 16 heavy (non-hydrogen) atoms. The number of rotatable bonds is 5. The molecular weight excluding hydrogens is 209 g/mol. The summed E-state index contributed by atoms with van der Waals surface area (Å²) in [4.78, 5) is 0. The minimum atomic E-state index is -0.473. The summed E-state index contributed by atoms with van der Waals surface area (Å²) in [7, 11) is 0. The first-order valence-corrected chi connectivity index (χ1v) is 5.07. The second-order valence-corrected chi connectivity index (χ2v) is 3.56. The van der Waals surface area contributed by atoms with Crippen molar-refractivity contribution >= 4 is 0 Å². The fraction of sp³-hybridized carbons (Fsp3) is 0.417. The Morgan fingerprint density at radius 3 is 2.69 bits per heavy atom. The van der Waals surface area contributed by atoms with E-state index in [9.17, 15) is 4.39 Å². The zero-order chi connectivity index (χ0) is 12.0.